The van der Waals surface area contributed by atoms with Crippen LogP contribution in [-0.4, -0.2) is 51.4 Å². The molecule has 1 aliphatic heterocycles. The van der Waals surface area contributed by atoms with Gasteiger partial charge in [0.2, 0.25) is 5.91 Å². The Balaban J connectivity index is 1.64. The third-order valence-corrected chi connectivity index (χ3v) is 4.58. The number of aromatic amines is 1. The number of methoxy groups -OCH3 is 1. The molecular formula is C17H24N4O2. The van der Waals surface area contributed by atoms with E-state index in [1.165, 1.54) is 0 Å². The van der Waals surface area contributed by atoms with E-state index in [4.69, 9.17) is 4.74 Å². The number of aromatic nitrogens is 3. The van der Waals surface area contributed by atoms with E-state index in [2.05, 4.69) is 10.1 Å². The molecule has 1 fully saturated rings. The molecule has 6 heteroatoms. The number of nitrogens with zero attached hydrogens (tertiary/aromatic N) is 3. The highest BCUT2D eigenvalue weighted by Crippen LogP contribution is 2.25. The molecule has 23 heavy (non-hydrogen) atoms. The van der Waals surface area contributed by atoms with Crippen molar-refractivity contribution in [1.29, 1.82) is 0 Å². The molecule has 0 radical (unpaired) electrons. The summed E-state index contributed by atoms with van der Waals surface area (Å²) in [5, 5.41) is 4.22. The van der Waals surface area contributed by atoms with Crippen molar-refractivity contribution in [3.05, 3.63) is 42.0 Å². The van der Waals surface area contributed by atoms with E-state index in [0.29, 0.717) is 6.42 Å². The van der Waals surface area contributed by atoms with Crippen LogP contribution in [0, 0.1) is 0 Å². The fraction of sp³-hybridized carbons (Fsp3) is 0.529. The number of amides is 1. The van der Waals surface area contributed by atoms with Gasteiger partial charge < -0.3 is 14.6 Å². The van der Waals surface area contributed by atoms with Gasteiger partial charge in [0.1, 0.15) is 0 Å². The van der Waals surface area contributed by atoms with Gasteiger partial charge in [0.25, 0.3) is 0 Å². The molecule has 1 N–H and O–H groups in total. The van der Waals surface area contributed by atoms with E-state index in [1.54, 1.807) is 11.8 Å². The highest BCUT2D eigenvalue weighted by molar-refractivity contribution is 5.77. The Morgan fingerprint density at radius 2 is 2.39 bits per heavy atom. The first kappa shape index (κ1) is 15.8. The van der Waals surface area contributed by atoms with Crippen LogP contribution in [-0.2, 0) is 29.4 Å². The topological polar surface area (TPSA) is 63.1 Å². The molecule has 3 rings (SSSR count). The van der Waals surface area contributed by atoms with E-state index < -0.39 is 0 Å². The van der Waals surface area contributed by atoms with Crippen LogP contribution in [0.2, 0.25) is 0 Å². The van der Waals surface area contributed by atoms with Gasteiger partial charge in [-0.1, -0.05) is 0 Å². The number of hydrogen-bond acceptors (Lipinski definition) is 3. The fourth-order valence-corrected chi connectivity index (χ4v) is 3.38. The number of carbonyl (C=O) groups is 1. The molecule has 0 bridgehead atoms. The van der Waals surface area contributed by atoms with Crippen LogP contribution >= 0.6 is 0 Å². The normalized spacial score (nSPS) is 21.0. The Hall–Kier alpha value is -2.08. The Bertz CT molecular complexity index is 635. The van der Waals surface area contributed by atoms with E-state index >= 15 is 0 Å². The maximum Gasteiger partial charge on any atom is 0.223 e. The van der Waals surface area contributed by atoms with E-state index in [1.807, 2.05) is 42.7 Å². The first-order valence-electron chi connectivity index (χ1n) is 8.09. The molecule has 1 aliphatic rings. The summed E-state index contributed by atoms with van der Waals surface area (Å²) in [6, 6.07) is 4.07. The summed E-state index contributed by atoms with van der Waals surface area (Å²) in [6.07, 6.45) is 8.84. The van der Waals surface area contributed by atoms with Crippen LogP contribution in [0.25, 0.3) is 0 Å². The summed E-state index contributed by atoms with van der Waals surface area (Å²) >= 11 is 0. The minimum Gasteiger partial charge on any atom is -0.379 e. The standard InChI is InChI=1S/C17H24N4O2/c1-20-12-13(11-19-20)10-15-16(23-2)7-9-21(15)17(22)6-5-14-4-3-8-18-14/h3-4,8,11-12,15-16,18H,5-7,9-10H2,1-2H3/t15-,16+/m0/s1. The number of likely N-dealkylation sites (tertiary alicyclic amines) is 1. The predicted molar refractivity (Wildman–Crippen MR) is 86.9 cm³/mol. The van der Waals surface area contributed by atoms with Gasteiger partial charge in [0, 0.05) is 45.2 Å². The summed E-state index contributed by atoms with van der Waals surface area (Å²) in [4.78, 5) is 17.8. The summed E-state index contributed by atoms with van der Waals surface area (Å²) in [7, 11) is 3.64. The van der Waals surface area contributed by atoms with Crippen molar-refractivity contribution in [2.75, 3.05) is 13.7 Å². The van der Waals surface area contributed by atoms with Crippen molar-refractivity contribution in [2.24, 2.45) is 7.05 Å². The molecule has 2 atom stereocenters. The van der Waals surface area contributed by atoms with Gasteiger partial charge in [-0.25, -0.2) is 0 Å². The minimum atomic E-state index is 0.0975. The lowest BCUT2D eigenvalue weighted by Gasteiger charge is -2.27. The molecule has 3 heterocycles. The monoisotopic (exact) mass is 316 g/mol. The molecule has 0 aromatic carbocycles. The Morgan fingerprint density at radius 1 is 1.52 bits per heavy atom. The number of aryl methyl sites for hydroxylation is 2. The molecule has 1 amide bonds. The second-order valence-corrected chi connectivity index (χ2v) is 6.14. The van der Waals surface area contributed by atoms with E-state index in [9.17, 15) is 4.79 Å². The van der Waals surface area contributed by atoms with Crippen molar-refractivity contribution in [3.8, 4) is 0 Å². The average molecular weight is 316 g/mol. The van der Waals surface area contributed by atoms with Gasteiger partial charge in [-0.3, -0.25) is 9.48 Å². The lowest BCUT2D eigenvalue weighted by Crippen LogP contribution is -2.41. The third-order valence-electron chi connectivity index (χ3n) is 4.58. The molecule has 2 aromatic heterocycles. The average Bonchev–Trinajstić information content (AvgIpc) is 3.26. The Labute approximate surface area is 136 Å². The van der Waals surface area contributed by atoms with Crippen molar-refractivity contribution < 1.29 is 9.53 Å². The van der Waals surface area contributed by atoms with Crippen LogP contribution < -0.4 is 0 Å². The van der Waals surface area contributed by atoms with Crippen molar-refractivity contribution in [2.45, 2.75) is 37.8 Å². The van der Waals surface area contributed by atoms with Crippen molar-refractivity contribution in [3.63, 3.8) is 0 Å². The number of nitrogens with one attached hydrogen (secondary N) is 1. The number of ether oxygens (including phenoxy) is 1. The van der Waals surface area contributed by atoms with Crippen LogP contribution in [0.1, 0.15) is 24.1 Å². The molecule has 6 nitrogen and oxygen atoms in total. The largest absolute Gasteiger partial charge is 0.379 e. The van der Waals surface area contributed by atoms with E-state index in [-0.39, 0.29) is 18.1 Å². The maximum atomic E-state index is 12.6. The van der Waals surface area contributed by atoms with Crippen LogP contribution in [0.3, 0.4) is 0 Å². The lowest BCUT2D eigenvalue weighted by atomic mass is 10.0. The zero-order valence-electron chi connectivity index (χ0n) is 13.7. The highest BCUT2D eigenvalue weighted by Gasteiger charge is 2.37. The number of hydrogen-bond donors (Lipinski definition) is 1. The quantitative estimate of drug-likeness (QED) is 0.879. The number of H-pyrrole nitrogens is 1. The lowest BCUT2D eigenvalue weighted by molar-refractivity contribution is -0.133. The summed E-state index contributed by atoms with van der Waals surface area (Å²) < 4.78 is 7.40. The second-order valence-electron chi connectivity index (χ2n) is 6.14. The van der Waals surface area contributed by atoms with Crippen molar-refractivity contribution >= 4 is 5.91 Å². The van der Waals surface area contributed by atoms with Crippen LogP contribution in [0.5, 0.6) is 0 Å². The molecule has 0 spiro atoms. The Morgan fingerprint density at radius 3 is 3.04 bits per heavy atom. The van der Waals surface area contributed by atoms with Gasteiger partial charge in [0.15, 0.2) is 0 Å². The molecule has 2 aromatic rings. The fourth-order valence-electron chi connectivity index (χ4n) is 3.38. The predicted octanol–water partition coefficient (Wildman–Crippen LogP) is 1.54. The van der Waals surface area contributed by atoms with Gasteiger partial charge in [0.05, 0.1) is 18.3 Å². The zero-order chi connectivity index (χ0) is 16.2. The summed E-state index contributed by atoms with van der Waals surface area (Å²) in [5.41, 5.74) is 2.24. The van der Waals surface area contributed by atoms with Gasteiger partial charge in [-0.15, -0.1) is 0 Å². The van der Waals surface area contributed by atoms with Crippen LogP contribution in [0.15, 0.2) is 30.7 Å². The molecule has 0 aliphatic carbocycles. The first-order valence-corrected chi connectivity index (χ1v) is 8.09. The highest BCUT2D eigenvalue weighted by atomic mass is 16.5. The maximum absolute atomic E-state index is 12.6. The van der Waals surface area contributed by atoms with Gasteiger partial charge >= 0.3 is 0 Å². The first-order chi connectivity index (χ1) is 11.2. The smallest absolute Gasteiger partial charge is 0.223 e. The number of rotatable bonds is 6. The van der Waals surface area contributed by atoms with Gasteiger partial charge in [-0.05, 0) is 37.0 Å². The third kappa shape index (κ3) is 3.64. The zero-order valence-corrected chi connectivity index (χ0v) is 13.7. The van der Waals surface area contributed by atoms with Crippen molar-refractivity contribution in [1.82, 2.24) is 19.7 Å². The van der Waals surface area contributed by atoms with Crippen LogP contribution in [0.4, 0.5) is 0 Å². The molecule has 1 saturated heterocycles. The SMILES string of the molecule is CO[C@@H]1CCN(C(=O)CCc2ccc[nH]2)[C@H]1Cc1cnn(C)c1. The summed E-state index contributed by atoms with van der Waals surface area (Å²) in [5.74, 6) is 0.202. The molecule has 0 unspecified atom stereocenters. The van der Waals surface area contributed by atoms with E-state index in [0.717, 1.165) is 37.1 Å². The van der Waals surface area contributed by atoms with Gasteiger partial charge in [-0.2, -0.15) is 5.10 Å². The second kappa shape index (κ2) is 7.00. The number of carbonyl (C=O) groups excluding carboxylic acids is 1. The molecular weight excluding hydrogens is 292 g/mol. The summed E-state index contributed by atoms with van der Waals surface area (Å²) in [6.45, 7) is 0.771. The molecule has 124 valence electrons. The Kier molecular flexibility index (Phi) is 4.81. The minimum absolute atomic E-state index is 0.0975. The molecule has 0 saturated carbocycles.